The van der Waals surface area contributed by atoms with Crippen LogP contribution in [0.2, 0.25) is 0 Å². The van der Waals surface area contributed by atoms with Gasteiger partial charge in [-0.05, 0) is 31.7 Å². The first-order valence-corrected chi connectivity index (χ1v) is 8.04. The van der Waals surface area contributed by atoms with E-state index in [0.29, 0.717) is 31.8 Å². The number of unbranched alkanes of at least 4 members (excludes halogenated alkanes) is 1. The highest BCUT2D eigenvalue weighted by Gasteiger charge is 2.18. The fourth-order valence-corrected chi connectivity index (χ4v) is 2.79. The van der Waals surface area contributed by atoms with Crippen molar-refractivity contribution in [2.75, 3.05) is 13.1 Å². The monoisotopic (exact) mass is 300 g/mol. The number of rotatable bonds is 9. The molecule has 0 aliphatic rings. The molecule has 0 aliphatic heterocycles. The predicted molar refractivity (Wildman–Crippen MR) is 75.7 cm³/mol. The maximum Gasteiger partial charge on any atom is 0.259 e. The summed E-state index contributed by atoms with van der Waals surface area (Å²) in [5.41, 5.74) is 8.11. The number of imidazole rings is 1. The van der Waals surface area contributed by atoms with Crippen molar-refractivity contribution in [3.05, 3.63) is 22.5 Å². The van der Waals surface area contributed by atoms with E-state index in [2.05, 4.69) is 19.7 Å². The largest absolute Gasteiger partial charge is 0.334 e. The normalized spacial score (nSPS) is 11.3. The van der Waals surface area contributed by atoms with Gasteiger partial charge in [0, 0.05) is 30.7 Å². The second-order valence-corrected chi connectivity index (χ2v) is 6.09. The minimum Gasteiger partial charge on any atom is -0.334 e. The second-order valence-electron chi connectivity index (χ2n) is 4.38. The van der Waals surface area contributed by atoms with Crippen LogP contribution in [0.1, 0.15) is 32.0 Å². The molecule has 9 heteroatoms. The zero-order valence-corrected chi connectivity index (χ0v) is 12.6. The Labute approximate surface area is 118 Å². The molecule has 0 amide bonds. The van der Waals surface area contributed by atoms with Gasteiger partial charge in [0.05, 0.1) is 0 Å². The van der Waals surface area contributed by atoms with Crippen LogP contribution < -0.4 is 4.72 Å². The van der Waals surface area contributed by atoms with E-state index in [1.807, 2.05) is 11.5 Å². The lowest BCUT2D eigenvalue weighted by molar-refractivity contribution is 0.573. The van der Waals surface area contributed by atoms with Crippen LogP contribution in [0.4, 0.5) is 0 Å². The molecule has 0 saturated carbocycles. The van der Waals surface area contributed by atoms with Crippen LogP contribution in [-0.4, -0.2) is 31.1 Å². The van der Waals surface area contributed by atoms with E-state index in [9.17, 15) is 8.42 Å². The molecule has 0 atom stereocenters. The summed E-state index contributed by atoms with van der Waals surface area (Å²) in [6, 6.07) is 0. The minimum absolute atomic E-state index is 0.0542. The number of hydrogen-bond acceptors (Lipinski definition) is 4. The first-order valence-electron chi connectivity index (χ1n) is 6.55. The maximum atomic E-state index is 12.0. The lowest BCUT2D eigenvalue weighted by atomic mass is 10.3. The molecule has 0 unspecified atom stereocenters. The number of azide groups is 1. The molecule has 0 aliphatic carbocycles. The van der Waals surface area contributed by atoms with Crippen LogP contribution >= 0.6 is 0 Å². The third kappa shape index (κ3) is 4.84. The van der Waals surface area contributed by atoms with Crippen LogP contribution in [-0.2, 0) is 16.6 Å². The lowest BCUT2D eigenvalue weighted by Crippen LogP contribution is -2.25. The Bertz CT molecular complexity index is 574. The molecular formula is C11H20N6O2S. The van der Waals surface area contributed by atoms with E-state index in [0.717, 1.165) is 13.0 Å². The van der Waals surface area contributed by atoms with Gasteiger partial charge in [0.15, 0.2) is 5.03 Å². The summed E-state index contributed by atoms with van der Waals surface area (Å²) < 4.78 is 28.4. The average Bonchev–Trinajstić information content (AvgIpc) is 2.77. The average molecular weight is 300 g/mol. The van der Waals surface area contributed by atoms with E-state index in [1.54, 1.807) is 13.1 Å². The van der Waals surface area contributed by atoms with Gasteiger partial charge in [-0.25, -0.2) is 18.1 Å². The highest BCUT2D eigenvalue weighted by Crippen LogP contribution is 2.09. The number of nitrogens with zero attached hydrogens (tertiary/aromatic N) is 5. The van der Waals surface area contributed by atoms with Crippen molar-refractivity contribution in [2.45, 2.75) is 44.7 Å². The van der Waals surface area contributed by atoms with Gasteiger partial charge in [-0.1, -0.05) is 12.0 Å². The van der Waals surface area contributed by atoms with Crippen LogP contribution in [0.3, 0.4) is 0 Å². The minimum atomic E-state index is -3.56. The Morgan fingerprint density at radius 1 is 1.50 bits per heavy atom. The van der Waals surface area contributed by atoms with Crippen molar-refractivity contribution in [3.8, 4) is 0 Å². The number of aryl methyl sites for hydroxylation is 2. The van der Waals surface area contributed by atoms with Crippen molar-refractivity contribution < 1.29 is 8.42 Å². The van der Waals surface area contributed by atoms with Gasteiger partial charge in [0.1, 0.15) is 5.82 Å². The molecule has 1 N–H and O–H groups in total. The van der Waals surface area contributed by atoms with Crippen molar-refractivity contribution in [2.24, 2.45) is 5.11 Å². The molecular weight excluding hydrogens is 280 g/mol. The van der Waals surface area contributed by atoms with Crippen molar-refractivity contribution >= 4 is 10.0 Å². The van der Waals surface area contributed by atoms with Crippen LogP contribution in [0.15, 0.2) is 16.3 Å². The highest BCUT2D eigenvalue weighted by atomic mass is 32.2. The summed E-state index contributed by atoms with van der Waals surface area (Å²) in [5.74, 6) is 0.690. The van der Waals surface area contributed by atoms with E-state index < -0.39 is 10.0 Å². The fourth-order valence-electron chi connectivity index (χ4n) is 1.71. The Kier molecular flexibility index (Phi) is 6.50. The summed E-state index contributed by atoms with van der Waals surface area (Å²) in [6.07, 6.45) is 3.74. The molecule has 8 nitrogen and oxygen atoms in total. The molecule has 1 heterocycles. The molecule has 1 rings (SSSR count). The molecule has 0 saturated heterocycles. The third-order valence-electron chi connectivity index (χ3n) is 2.73. The zero-order valence-electron chi connectivity index (χ0n) is 11.8. The van der Waals surface area contributed by atoms with E-state index in [1.165, 1.54) is 0 Å². The Balaban J connectivity index is 2.55. The van der Waals surface area contributed by atoms with Gasteiger partial charge in [-0.15, -0.1) is 0 Å². The summed E-state index contributed by atoms with van der Waals surface area (Å²) in [6.45, 7) is 5.25. The first-order chi connectivity index (χ1) is 9.51. The molecule has 0 bridgehead atoms. The highest BCUT2D eigenvalue weighted by molar-refractivity contribution is 7.89. The van der Waals surface area contributed by atoms with Crippen molar-refractivity contribution in [1.29, 1.82) is 0 Å². The van der Waals surface area contributed by atoms with Crippen molar-refractivity contribution in [1.82, 2.24) is 14.3 Å². The molecule has 1 aromatic heterocycles. The smallest absolute Gasteiger partial charge is 0.259 e. The lowest BCUT2D eigenvalue weighted by Gasteiger charge is -2.03. The van der Waals surface area contributed by atoms with Gasteiger partial charge in [0.25, 0.3) is 10.0 Å². The third-order valence-corrected chi connectivity index (χ3v) is 4.07. The van der Waals surface area contributed by atoms with Crippen LogP contribution in [0.5, 0.6) is 0 Å². The zero-order chi connectivity index (χ0) is 15.0. The topological polar surface area (TPSA) is 113 Å². The quantitative estimate of drug-likeness (QED) is 0.325. The molecule has 0 fully saturated rings. The Morgan fingerprint density at radius 2 is 2.25 bits per heavy atom. The second kappa shape index (κ2) is 7.88. The predicted octanol–water partition coefficient (Wildman–Crippen LogP) is 1.97. The maximum absolute atomic E-state index is 12.0. The number of sulfonamides is 1. The number of nitrogens with one attached hydrogen (secondary N) is 1. The standard InChI is InChI=1S/C11H20N6O2S/c1-3-8-17-9-11(15-10(17)2)20(18,19)14-7-5-4-6-13-16-12/h9,14H,3-8H2,1-2H3. The van der Waals surface area contributed by atoms with E-state index >= 15 is 0 Å². The molecule has 1 aromatic rings. The summed E-state index contributed by atoms with van der Waals surface area (Å²) in [4.78, 5) is 6.71. The summed E-state index contributed by atoms with van der Waals surface area (Å²) >= 11 is 0. The van der Waals surface area contributed by atoms with Crippen molar-refractivity contribution in [3.63, 3.8) is 0 Å². The van der Waals surface area contributed by atoms with Crippen LogP contribution in [0, 0.1) is 6.92 Å². The summed E-state index contributed by atoms with van der Waals surface area (Å²) in [5, 5.41) is 3.44. The van der Waals surface area contributed by atoms with Gasteiger partial charge >= 0.3 is 0 Å². The van der Waals surface area contributed by atoms with E-state index in [-0.39, 0.29) is 5.03 Å². The van der Waals surface area contributed by atoms with Gasteiger partial charge < -0.3 is 4.57 Å². The van der Waals surface area contributed by atoms with Gasteiger partial charge in [0.2, 0.25) is 0 Å². The molecule has 0 aromatic carbocycles. The molecule has 0 radical (unpaired) electrons. The SMILES string of the molecule is CCCn1cc(S(=O)(=O)NCCCCN=[N+]=[N-])nc1C. The first kappa shape index (κ1) is 16.5. The van der Waals surface area contributed by atoms with Crippen LogP contribution in [0.25, 0.3) is 10.4 Å². The molecule has 0 spiro atoms. The number of hydrogen-bond donors (Lipinski definition) is 1. The van der Waals surface area contributed by atoms with Gasteiger partial charge in [-0.3, -0.25) is 0 Å². The van der Waals surface area contributed by atoms with E-state index in [4.69, 9.17) is 5.53 Å². The van der Waals surface area contributed by atoms with Gasteiger partial charge in [-0.2, -0.15) is 0 Å². The number of aromatic nitrogens is 2. The Hall–Kier alpha value is -1.57. The Morgan fingerprint density at radius 3 is 2.90 bits per heavy atom. The fraction of sp³-hybridized carbons (Fsp3) is 0.727. The molecule has 112 valence electrons. The molecule has 20 heavy (non-hydrogen) atoms. The summed E-state index contributed by atoms with van der Waals surface area (Å²) in [7, 11) is -3.56.